The van der Waals surface area contributed by atoms with Crippen LogP contribution in [-0.2, 0) is 21.0 Å². The Hall–Kier alpha value is -2.70. The molecule has 3 N–H and O–H groups in total. The van der Waals surface area contributed by atoms with Gasteiger partial charge in [0.25, 0.3) is 5.91 Å². The summed E-state index contributed by atoms with van der Waals surface area (Å²) < 4.78 is 76.9. The molecule has 2 aromatic rings. The molecular weight excluding hydrogens is 526 g/mol. The second-order valence-corrected chi connectivity index (χ2v) is 10.9. The van der Waals surface area contributed by atoms with Crippen molar-refractivity contribution in [1.82, 2.24) is 10.2 Å². The molecule has 2 fully saturated rings. The first kappa shape index (κ1) is 26.4. The van der Waals surface area contributed by atoms with Crippen LogP contribution in [-0.4, -0.2) is 37.7 Å². The second-order valence-electron chi connectivity index (χ2n) is 8.90. The molecule has 0 spiro atoms. The van der Waals surface area contributed by atoms with Gasteiger partial charge in [-0.2, -0.15) is 13.2 Å². The minimum atomic E-state index is -4.70. The molecule has 1 aliphatic heterocycles. The summed E-state index contributed by atoms with van der Waals surface area (Å²) in [7, 11) is -4.11. The zero-order valence-corrected chi connectivity index (χ0v) is 20.3. The van der Waals surface area contributed by atoms with Gasteiger partial charge >= 0.3 is 6.18 Å². The number of hydrogen-bond donors (Lipinski definition) is 2. The van der Waals surface area contributed by atoms with Crippen molar-refractivity contribution in [1.29, 1.82) is 0 Å². The molecule has 7 nitrogen and oxygen atoms in total. The number of nitrogens with two attached hydrogens (primary N) is 1. The normalized spacial score (nSPS) is 19.3. The molecule has 1 aliphatic carbocycles. The van der Waals surface area contributed by atoms with Gasteiger partial charge in [-0.25, -0.2) is 17.9 Å². The highest BCUT2D eigenvalue weighted by Crippen LogP contribution is 2.43. The fraction of sp³-hybridized carbons (Fsp3) is 0.391. The Morgan fingerprint density at radius 1 is 1.11 bits per heavy atom. The van der Waals surface area contributed by atoms with E-state index in [1.54, 1.807) is 0 Å². The summed E-state index contributed by atoms with van der Waals surface area (Å²) in [6.45, 7) is 0.190. The van der Waals surface area contributed by atoms with Gasteiger partial charge in [0.15, 0.2) is 0 Å². The minimum Gasteiger partial charge on any atom is -0.347 e. The average molecular weight is 548 g/mol. The molecule has 0 aromatic heterocycles. The maximum atomic E-state index is 14.7. The molecular formula is C23H22ClF4N3O4S. The smallest absolute Gasteiger partial charge is 0.347 e. The van der Waals surface area contributed by atoms with E-state index in [0.717, 1.165) is 24.3 Å². The molecule has 36 heavy (non-hydrogen) atoms. The van der Waals surface area contributed by atoms with E-state index in [1.165, 1.54) is 11.0 Å². The van der Waals surface area contributed by atoms with Gasteiger partial charge in [0.2, 0.25) is 15.9 Å². The maximum Gasteiger partial charge on any atom is 0.416 e. The molecule has 0 unspecified atom stereocenters. The Labute approximate surface area is 209 Å². The third kappa shape index (κ3) is 5.50. The van der Waals surface area contributed by atoms with Gasteiger partial charge in [0.05, 0.1) is 27.1 Å². The van der Waals surface area contributed by atoms with Crippen LogP contribution in [0.25, 0.3) is 0 Å². The molecule has 0 bridgehead atoms. The number of hydrogen-bond acceptors (Lipinski definition) is 4. The second kappa shape index (κ2) is 9.64. The van der Waals surface area contributed by atoms with Gasteiger partial charge in [-0.05, 0) is 61.9 Å². The summed E-state index contributed by atoms with van der Waals surface area (Å²) in [5.74, 6) is -2.48. The zero-order valence-electron chi connectivity index (χ0n) is 18.7. The Morgan fingerprint density at radius 2 is 1.81 bits per heavy atom. The lowest BCUT2D eigenvalue weighted by molar-refractivity contribution is -0.137. The lowest BCUT2D eigenvalue weighted by Gasteiger charge is -2.27. The van der Waals surface area contributed by atoms with Crippen molar-refractivity contribution in [3.63, 3.8) is 0 Å². The summed E-state index contributed by atoms with van der Waals surface area (Å²) in [5, 5.41) is 7.83. The number of alkyl halides is 3. The summed E-state index contributed by atoms with van der Waals surface area (Å²) in [6, 6.07) is 3.80. The number of carbonyl (C=O) groups is 2. The number of sulfonamides is 1. The monoisotopic (exact) mass is 547 g/mol. The van der Waals surface area contributed by atoms with Crippen molar-refractivity contribution in [2.24, 2.45) is 11.1 Å². The molecule has 0 radical (unpaired) electrons. The number of halogens is 5. The van der Waals surface area contributed by atoms with E-state index in [9.17, 15) is 35.6 Å². The van der Waals surface area contributed by atoms with Crippen molar-refractivity contribution in [2.45, 2.75) is 48.8 Å². The lowest BCUT2D eigenvalue weighted by atomic mass is 9.99. The lowest BCUT2D eigenvalue weighted by Crippen LogP contribution is -2.47. The quantitative estimate of drug-likeness (QED) is 0.532. The predicted octanol–water partition coefficient (Wildman–Crippen LogP) is 4.02. The van der Waals surface area contributed by atoms with Crippen LogP contribution in [0.3, 0.4) is 0 Å². The number of carbonyl (C=O) groups excluding carboxylic acids is 2. The Morgan fingerprint density at radius 3 is 2.39 bits per heavy atom. The predicted molar refractivity (Wildman–Crippen MR) is 122 cm³/mol. The highest BCUT2D eigenvalue weighted by molar-refractivity contribution is 7.89. The largest absolute Gasteiger partial charge is 0.416 e. The van der Waals surface area contributed by atoms with E-state index in [0.29, 0.717) is 25.3 Å². The van der Waals surface area contributed by atoms with Gasteiger partial charge in [0, 0.05) is 12.1 Å². The first-order chi connectivity index (χ1) is 16.8. The Bertz CT molecular complexity index is 1310. The number of nitrogens with one attached hydrogen (secondary N) is 1. The summed E-state index contributed by atoms with van der Waals surface area (Å²) in [5.41, 5.74) is -1.33. The van der Waals surface area contributed by atoms with Crippen LogP contribution in [0.5, 0.6) is 0 Å². The summed E-state index contributed by atoms with van der Waals surface area (Å²) in [4.78, 5) is 27.3. The van der Waals surface area contributed by atoms with Crippen LogP contribution in [0, 0.1) is 11.7 Å². The van der Waals surface area contributed by atoms with E-state index in [-0.39, 0.29) is 39.9 Å². The van der Waals surface area contributed by atoms with Crippen LogP contribution in [0.4, 0.5) is 17.6 Å². The zero-order chi connectivity index (χ0) is 26.4. The van der Waals surface area contributed by atoms with Crippen molar-refractivity contribution >= 4 is 33.4 Å². The minimum absolute atomic E-state index is 0.0267. The van der Waals surface area contributed by atoms with Crippen LogP contribution < -0.4 is 10.5 Å². The molecule has 1 saturated heterocycles. The number of rotatable bonds is 6. The van der Waals surface area contributed by atoms with E-state index >= 15 is 0 Å². The molecule has 194 valence electrons. The fourth-order valence-electron chi connectivity index (χ4n) is 4.37. The van der Waals surface area contributed by atoms with Gasteiger partial charge in [0.1, 0.15) is 11.9 Å². The number of nitrogens with zero attached hydrogens (tertiary/aromatic N) is 1. The molecule has 4 rings (SSSR count). The first-order valence-electron chi connectivity index (χ1n) is 11.1. The van der Waals surface area contributed by atoms with E-state index in [2.05, 4.69) is 5.32 Å². The van der Waals surface area contributed by atoms with E-state index in [4.69, 9.17) is 16.7 Å². The Kier molecular flexibility index (Phi) is 7.06. The molecule has 2 aliphatic rings. The van der Waals surface area contributed by atoms with E-state index in [1.807, 2.05) is 0 Å². The standard InChI is InChI=1S/C23H22ClF4N3O4S/c24-17-8-6-14(36(29,34)35)11-16(17)22(33)31-9-1-2-19(31)21(32)30-20(12-3-4-12)15-7-5-13(10-18(15)25)23(26,27)28/h5-8,10-12,19-20H,1-4,9H2,(H,30,32)(H2,29,34,35)/t19-,20-/m1/s1. The highest BCUT2D eigenvalue weighted by Gasteiger charge is 2.41. The molecule has 2 atom stereocenters. The fourth-order valence-corrected chi connectivity index (χ4v) is 5.10. The molecule has 1 heterocycles. The molecule has 2 amide bonds. The third-order valence-electron chi connectivity index (χ3n) is 6.37. The number of primary sulfonamides is 1. The summed E-state index contributed by atoms with van der Waals surface area (Å²) in [6.07, 6.45) is -2.62. The Balaban J connectivity index is 1.56. The van der Waals surface area contributed by atoms with Gasteiger partial charge < -0.3 is 10.2 Å². The van der Waals surface area contributed by atoms with Crippen LogP contribution in [0.15, 0.2) is 41.3 Å². The average Bonchev–Trinajstić information content (AvgIpc) is 3.51. The highest BCUT2D eigenvalue weighted by atomic mass is 35.5. The van der Waals surface area contributed by atoms with Gasteiger partial charge in [-0.1, -0.05) is 17.7 Å². The van der Waals surface area contributed by atoms with Gasteiger partial charge in [-0.3, -0.25) is 9.59 Å². The maximum absolute atomic E-state index is 14.7. The topological polar surface area (TPSA) is 110 Å². The summed E-state index contributed by atoms with van der Waals surface area (Å²) >= 11 is 6.12. The van der Waals surface area contributed by atoms with Crippen LogP contribution in [0.2, 0.25) is 5.02 Å². The van der Waals surface area contributed by atoms with Crippen LogP contribution >= 0.6 is 11.6 Å². The van der Waals surface area contributed by atoms with Gasteiger partial charge in [-0.15, -0.1) is 0 Å². The SMILES string of the molecule is NS(=O)(=O)c1ccc(Cl)c(C(=O)N2CCC[C@@H]2C(=O)N[C@@H](c2ccc(C(F)(F)F)cc2F)C2CC2)c1. The van der Waals surface area contributed by atoms with Crippen molar-refractivity contribution in [2.75, 3.05) is 6.54 Å². The van der Waals surface area contributed by atoms with Crippen molar-refractivity contribution < 1.29 is 35.6 Å². The first-order valence-corrected chi connectivity index (χ1v) is 13.0. The van der Waals surface area contributed by atoms with Crippen LogP contribution in [0.1, 0.15) is 53.2 Å². The number of benzene rings is 2. The molecule has 2 aromatic carbocycles. The van der Waals surface area contributed by atoms with Crippen molar-refractivity contribution in [3.05, 3.63) is 63.9 Å². The molecule has 13 heteroatoms. The number of likely N-dealkylation sites (tertiary alicyclic amines) is 1. The molecule has 1 saturated carbocycles. The third-order valence-corrected chi connectivity index (χ3v) is 7.61. The van der Waals surface area contributed by atoms with Crippen molar-refractivity contribution in [3.8, 4) is 0 Å². The number of amides is 2. The van der Waals surface area contributed by atoms with E-state index < -0.39 is 51.5 Å².